The molecule has 1 aromatic rings. The fourth-order valence-corrected chi connectivity index (χ4v) is 3.61. The average molecular weight is 340 g/mol. The minimum atomic E-state index is -0.119. The van der Waals surface area contributed by atoms with Gasteiger partial charge in [0, 0.05) is 18.5 Å². The van der Waals surface area contributed by atoms with Gasteiger partial charge in [0.2, 0.25) is 6.79 Å². The summed E-state index contributed by atoms with van der Waals surface area (Å²) in [4.78, 5) is 13.9. The lowest BCUT2D eigenvalue weighted by Crippen LogP contribution is -3.16. The first-order valence-corrected chi connectivity index (χ1v) is 8.75. The Hall–Kier alpha value is -1.46. The van der Waals surface area contributed by atoms with Gasteiger partial charge in [-0.3, -0.25) is 4.79 Å². The summed E-state index contributed by atoms with van der Waals surface area (Å²) >= 11 is 6.11. The maximum atomic E-state index is 12.2. The first kappa shape index (κ1) is 16.4. The van der Waals surface area contributed by atoms with Crippen molar-refractivity contribution in [2.45, 2.75) is 38.6 Å². The van der Waals surface area contributed by atoms with Crippen LogP contribution in [-0.4, -0.2) is 38.4 Å². The Morgan fingerprint density at radius 2 is 2.26 bits per heavy atom. The Kier molecular flexibility index (Phi) is 5.28. The fourth-order valence-electron chi connectivity index (χ4n) is 3.34. The monoisotopic (exact) mass is 339 g/mol. The molecule has 2 heterocycles. The summed E-state index contributed by atoms with van der Waals surface area (Å²) in [6.45, 7) is 5.52. The molecule has 0 spiro atoms. The van der Waals surface area contributed by atoms with Crippen molar-refractivity contribution in [3.63, 3.8) is 0 Å². The summed E-state index contributed by atoms with van der Waals surface area (Å²) in [5.41, 5.74) is 0.512. The standard InChI is InChI=1S/C17H23ClN2O3/c1-12-5-2-3-7-20(12)8-4-6-19-17(21)13-9-14(18)16-15(10-13)22-11-23-16/h9-10,12H,2-8,11H2,1H3,(H,19,21)/p+1/t12-/m1/s1. The molecule has 0 radical (unpaired) electrons. The normalized spacial score (nSPS) is 22.9. The minimum Gasteiger partial charge on any atom is -0.454 e. The first-order valence-electron chi connectivity index (χ1n) is 8.37. The minimum absolute atomic E-state index is 0.119. The Labute approximate surface area is 141 Å². The van der Waals surface area contributed by atoms with Crippen LogP contribution in [0.15, 0.2) is 12.1 Å². The first-order chi connectivity index (χ1) is 11.1. The van der Waals surface area contributed by atoms with Crippen LogP contribution in [0.3, 0.4) is 0 Å². The van der Waals surface area contributed by atoms with Crippen LogP contribution in [0.1, 0.15) is 43.0 Å². The second-order valence-corrected chi connectivity index (χ2v) is 6.76. The third kappa shape index (κ3) is 3.90. The van der Waals surface area contributed by atoms with Crippen LogP contribution in [0.2, 0.25) is 5.02 Å². The molecule has 0 aromatic heterocycles. The van der Waals surface area contributed by atoms with Crippen molar-refractivity contribution in [1.82, 2.24) is 5.32 Å². The number of amides is 1. The maximum absolute atomic E-state index is 12.2. The largest absolute Gasteiger partial charge is 0.454 e. The molecule has 1 unspecified atom stereocenters. The highest BCUT2D eigenvalue weighted by Gasteiger charge is 2.22. The number of carbonyl (C=O) groups is 1. The third-order valence-corrected chi connectivity index (χ3v) is 5.01. The molecule has 23 heavy (non-hydrogen) atoms. The lowest BCUT2D eigenvalue weighted by atomic mass is 10.0. The van der Waals surface area contributed by atoms with E-state index >= 15 is 0 Å². The molecule has 1 saturated heterocycles. The predicted molar refractivity (Wildman–Crippen MR) is 88.5 cm³/mol. The SMILES string of the molecule is C[C@@H]1CCCC[NH+]1CCCNC(=O)c1cc(Cl)c2c(c1)OCO2. The van der Waals surface area contributed by atoms with Crippen molar-refractivity contribution >= 4 is 17.5 Å². The van der Waals surface area contributed by atoms with Crippen LogP contribution in [0.5, 0.6) is 11.5 Å². The molecule has 0 aliphatic carbocycles. The molecule has 6 heteroatoms. The predicted octanol–water partition coefficient (Wildman–Crippen LogP) is 1.65. The molecule has 5 nitrogen and oxygen atoms in total. The van der Waals surface area contributed by atoms with E-state index in [9.17, 15) is 4.79 Å². The van der Waals surface area contributed by atoms with E-state index in [4.69, 9.17) is 21.1 Å². The van der Waals surface area contributed by atoms with Gasteiger partial charge >= 0.3 is 0 Å². The molecular weight excluding hydrogens is 316 g/mol. The second kappa shape index (κ2) is 7.41. The lowest BCUT2D eigenvalue weighted by molar-refractivity contribution is -0.928. The smallest absolute Gasteiger partial charge is 0.251 e. The topological polar surface area (TPSA) is 52.0 Å². The zero-order valence-electron chi connectivity index (χ0n) is 13.5. The highest BCUT2D eigenvalue weighted by Crippen LogP contribution is 2.39. The van der Waals surface area contributed by atoms with E-state index in [-0.39, 0.29) is 12.7 Å². The van der Waals surface area contributed by atoms with Crippen molar-refractivity contribution in [3.8, 4) is 11.5 Å². The van der Waals surface area contributed by atoms with Gasteiger partial charge in [-0.1, -0.05) is 11.6 Å². The molecule has 1 fully saturated rings. The molecule has 3 rings (SSSR count). The van der Waals surface area contributed by atoms with Crippen LogP contribution in [0, 0.1) is 0 Å². The average Bonchev–Trinajstić information content (AvgIpc) is 3.02. The number of hydrogen-bond donors (Lipinski definition) is 2. The van der Waals surface area contributed by atoms with E-state index in [0.29, 0.717) is 28.6 Å². The van der Waals surface area contributed by atoms with Gasteiger partial charge in [-0.15, -0.1) is 0 Å². The number of carbonyl (C=O) groups excluding carboxylic acids is 1. The Morgan fingerprint density at radius 1 is 1.39 bits per heavy atom. The van der Waals surface area contributed by atoms with Crippen LogP contribution >= 0.6 is 11.6 Å². The molecule has 0 bridgehead atoms. The van der Waals surface area contributed by atoms with Crippen molar-refractivity contribution in [1.29, 1.82) is 0 Å². The van der Waals surface area contributed by atoms with Crippen molar-refractivity contribution in [2.75, 3.05) is 26.4 Å². The second-order valence-electron chi connectivity index (χ2n) is 6.36. The van der Waals surface area contributed by atoms with Crippen molar-refractivity contribution in [2.24, 2.45) is 0 Å². The summed E-state index contributed by atoms with van der Waals surface area (Å²) < 4.78 is 10.5. The number of fused-ring (bicyclic) bond motifs is 1. The Bertz CT molecular complexity index is 579. The Morgan fingerprint density at radius 3 is 3.09 bits per heavy atom. The summed E-state index contributed by atoms with van der Waals surface area (Å²) in [6.07, 6.45) is 4.98. The van der Waals surface area contributed by atoms with E-state index < -0.39 is 0 Å². The summed E-state index contributed by atoms with van der Waals surface area (Å²) in [5.74, 6) is 0.937. The van der Waals surface area contributed by atoms with Gasteiger partial charge in [-0.25, -0.2) is 0 Å². The van der Waals surface area contributed by atoms with Crippen molar-refractivity contribution < 1.29 is 19.2 Å². The van der Waals surface area contributed by atoms with E-state index in [0.717, 1.165) is 19.0 Å². The zero-order valence-corrected chi connectivity index (χ0v) is 14.2. The number of piperidine rings is 1. The highest BCUT2D eigenvalue weighted by molar-refractivity contribution is 6.32. The van der Waals surface area contributed by atoms with E-state index in [2.05, 4.69) is 12.2 Å². The number of benzene rings is 1. The van der Waals surface area contributed by atoms with Gasteiger partial charge in [-0.05, 0) is 38.3 Å². The van der Waals surface area contributed by atoms with E-state index in [1.165, 1.54) is 25.8 Å². The van der Waals surface area contributed by atoms with Crippen LogP contribution in [0.25, 0.3) is 0 Å². The molecule has 1 aromatic carbocycles. The third-order valence-electron chi connectivity index (χ3n) is 4.73. The number of nitrogens with one attached hydrogen (secondary N) is 2. The van der Waals surface area contributed by atoms with Gasteiger partial charge in [0.15, 0.2) is 11.5 Å². The maximum Gasteiger partial charge on any atom is 0.251 e. The molecule has 2 N–H and O–H groups in total. The number of likely N-dealkylation sites (tertiary alicyclic amines) is 1. The highest BCUT2D eigenvalue weighted by atomic mass is 35.5. The molecular formula is C17H24ClN2O3+. The molecule has 0 saturated carbocycles. The molecule has 1 amide bonds. The van der Waals surface area contributed by atoms with Gasteiger partial charge in [0.1, 0.15) is 0 Å². The summed E-state index contributed by atoms with van der Waals surface area (Å²) in [6, 6.07) is 4.05. The quantitative estimate of drug-likeness (QED) is 0.802. The summed E-state index contributed by atoms with van der Waals surface area (Å²) in [7, 11) is 0. The Balaban J connectivity index is 1.47. The molecule has 2 aliphatic rings. The van der Waals surface area contributed by atoms with Crippen LogP contribution in [-0.2, 0) is 0 Å². The number of rotatable bonds is 5. The molecule has 2 atom stereocenters. The zero-order chi connectivity index (χ0) is 16.2. The van der Waals surface area contributed by atoms with E-state index in [1.54, 1.807) is 17.0 Å². The van der Waals surface area contributed by atoms with Gasteiger partial charge in [0.05, 0.1) is 24.2 Å². The van der Waals surface area contributed by atoms with Gasteiger partial charge < -0.3 is 19.7 Å². The molecule has 126 valence electrons. The van der Waals surface area contributed by atoms with Crippen LogP contribution < -0.4 is 19.7 Å². The number of halogens is 1. The summed E-state index contributed by atoms with van der Waals surface area (Å²) in [5, 5.41) is 3.38. The van der Waals surface area contributed by atoms with Gasteiger partial charge in [-0.2, -0.15) is 0 Å². The van der Waals surface area contributed by atoms with Crippen molar-refractivity contribution in [3.05, 3.63) is 22.7 Å². The number of hydrogen-bond acceptors (Lipinski definition) is 3. The van der Waals surface area contributed by atoms with Gasteiger partial charge in [0.25, 0.3) is 5.91 Å². The number of quaternary nitrogens is 1. The van der Waals surface area contributed by atoms with E-state index in [1.807, 2.05) is 0 Å². The fraction of sp³-hybridized carbons (Fsp3) is 0.588. The lowest BCUT2D eigenvalue weighted by Gasteiger charge is -2.30. The van der Waals surface area contributed by atoms with Crippen LogP contribution in [0.4, 0.5) is 0 Å². The number of ether oxygens (including phenoxy) is 2. The molecule has 2 aliphatic heterocycles.